The van der Waals surface area contributed by atoms with E-state index in [4.69, 9.17) is 5.73 Å². The highest BCUT2D eigenvalue weighted by Crippen LogP contribution is 2.33. The van der Waals surface area contributed by atoms with E-state index in [1.165, 1.54) is 10.8 Å². The van der Waals surface area contributed by atoms with Gasteiger partial charge in [-0.15, -0.1) is 0 Å². The normalized spacial score (nSPS) is 15.3. The third-order valence-electron chi connectivity index (χ3n) is 4.68. The predicted octanol–water partition coefficient (Wildman–Crippen LogP) is 2.46. The number of carbonyl (C=O) groups excluding carboxylic acids is 1. The summed E-state index contributed by atoms with van der Waals surface area (Å²) in [4.78, 5) is 14.1. The van der Waals surface area contributed by atoms with Gasteiger partial charge in [0.2, 0.25) is 5.91 Å². The maximum absolute atomic E-state index is 12.3. The number of aromatic amines is 1. The lowest BCUT2D eigenvalue weighted by Gasteiger charge is -2.28. The van der Waals surface area contributed by atoms with Gasteiger partial charge >= 0.3 is 0 Å². The molecule has 24 heavy (non-hydrogen) atoms. The van der Waals surface area contributed by atoms with Crippen LogP contribution in [0.3, 0.4) is 0 Å². The first kappa shape index (κ1) is 14.9. The first-order chi connectivity index (χ1) is 11.6. The van der Waals surface area contributed by atoms with E-state index in [0.717, 1.165) is 28.9 Å². The number of hydrogen-bond acceptors (Lipinski definition) is 3. The Balaban J connectivity index is 1.79. The van der Waals surface area contributed by atoms with E-state index in [1.54, 1.807) is 6.92 Å². The van der Waals surface area contributed by atoms with Crippen molar-refractivity contribution >= 4 is 16.7 Å². The fraction of sp³-hybridized carbons (Fsp3) is 0.263. The van der Waals surface area contributed by atoms with Crippen molar-refractivity contribution in [2.75, 3.05) is 6.54 Å². The van der Waals surface area contributed by atoms with Gasteiger partial charge in [0.05, 0.1) is 11.7 Å². The molecule has 0 radical (unpaired) electrons. The number of amides is 1. The molecule has 2 heterocycles. The van der Waals surface area contributed by atoms with E-state index in [1.807, 2.05) is 23.1 Å². The lowest BCUT2D eigenvalue weighted by atomic mass is 9.96. The third-order valence-corrected chi connectivity index (χ3v) is 4.68. The van der Waals surface area contributed by atoms with Gasteiger partial charge in [0.25, 0.3) is 0 Å². The Labute approximate surface area is 140 Å². The van der Waals surface area contributed by atoms with Crippen molar-refractivity contribution in [2.45, 2.75) is 25.9 Å². The Hall–Kier alpha value is -2.66. The summed E-state index contributed by atoms with van der Waals surface area (Å²) in [7, 11) is 0. The summed E-state index contributed by atoms with van der Waals surface area (Å²) < 4.78 is 0. The molecule has 3 N–H and O–H groups in total. The summed E-state index contributed by atoms with van der Waals surface area (Å²) >= 11 is 0. The van der Waals surface area contributed by atoms with Crippen molar-refractivity contribution in [3.63, 3.8) is 0 Å². The van der Waals surface area contributed by atoms with Crippen LogP contribution in [-0.2, 0) is 17.8 Å². The molecule has 0 aliphatic carbocycles. The molecule has 1 atom stereocenters. The highest BCUT2D eigenvalue weighted by atomic mass is 16.2. The zero-order valence-electron chi connectivity index (χ0n) is 13.6. The lowest BCUT2D eigenvalue weighted by Crippen LogP contribution is -2.44. The van der Waals surface area contributed by atoms with Crippen LogP contribution in [0.25, 0.3) is 22.0 Å². The summed E-state index contributed by atoms with van der Waals surface area (Å²) in [6, 6.07) is 14.1. The second kappa shape index (κ2) is 5.76. The molecule has 4 rings (SSSR count). The second-order valence-corrected chi connectivity index (χ2v) is 6.35. The van der Waals surface area contributed by atoms with E-state index >= 15 is 0 Å². The van der Waals surface area contributed by atoms with E-state index in [2.05, 4.69) is 34.5 Å². The van der Waals surface area contributed by atoms with Crippen LogP contribution in [0.4, 0.5) is 0 Å². The minimum atomic E-state index is -0.473. The van der Waals surface area contributed by atoms with Crippen LogP contribution in [0.5, 0.6) is 0 Å². The number of aromatic nitrogens is 2. The monoisotopic (exact) mass is 320 g/mol. The molecule has 1 amide bonds. The van der Waals surface area contributed by atoms with Gasteiger partial charge in [-0.3, -0.25) is 9.89 Å². The van der Waals surface area contributed by atoms with Crippen molar-refractivity contribution in [3.05, 3.63) is 53.7 Å². The van der Waals surface area contributed by atoms with Gasteiger partial charge in [-0.05, 0) is 17.7 Å². The van der Waals surface area contributed by atoms with E-state index < -0.39 is 6.04 Å². The molecule has 0 unspecified atom stereocenters. The van der Waals surface area contributed by atoms with Crippen molar-refractivity contribution in [3.8, 4) is 11.3 Å². The number of rotatable bonds is 2. The van der Waals surface area contributed by atoms with Gasteiger partial charge in [-0.2, -0.15) is 5.10 Å². The Kier molecular flexibility index (Phi) is 3.58. The summed E-state index contributed by atoms with van der Waals surface area (Å²) in [6.07, 6.45) is 0.783. The molecular weight excluding hydrogens is 300 g/mol. The molecule has 0 saturated carbocycles. The SMILES string of the molecule is C[C@@H](N)C(=O)N1CCc2[nH]nc(-c3cccc4ccccc34)c2C1. The Morgan fingerprint density at radius 1 is 1.25 bits per heavy atom. The van der Waals surface area contributed by atoms with Crippen LogP contribution in [0, 0.1) is 0 Å². The number of hydrogen-bond donors (Lipinski definition) is 2. The predicted molar refractivity (Wildman–Crippen MR) is 94.3 cm³/mol. The number of carbonyl (C=O) groups is 1. The first-order valence-electron chi connectivity index (χ1n) is 8.24. The Morgan fingerprint density at radius 3 is 2.88 bits per heavy atom. The van der Waals surface area contributed by atoms with E-state index in [-0.39, 0.29) is 5.91 Å². The lowest BCUT2D eigenvalue weighted by molar-refractivity contribution is -0.133. The molecule has 5 nitrogen and oxygen atoms in total. The number of benzene rings is 2. The number of nitrogens with one attached hydrogen (secondary N) is 1. The van der Waals surface area contributed by atoms with Gasteiger partial charge < -0.3 is 10.6 Å². The number of nitrogens with zero attached hydrogens (tertiary/aromatic N) is 2. The number of fused-ring (bicyclic) bond motifs is 2. The first-order valence-corrected chi connectivity index (χ1v) is 8.24. The zero-order valence-corrected chi connectivity index (χ0v) is 13.6. The van der Waals surface area contributed by atoms with E-state index in [9.17, 15) is 4.79 Å². The fourth-order valence-corrected chi connectivity index (χ4v) is 3.43. The quantitative estimate of drug-likeness (QED) is 0.761. The third kappa shape index (κ3) is 2.37. The molecule has 122 valence electrons. The van der Waals surface area contributed by atoms with Crippen LogP contribution >= 0.6 is 0 Å². The molecule has 0 bridgehead atoms. The summed E-state index contributed by atoms with van der Waals surface area (Å²) in [5, 5.41) is 10.1. The van der Waals surface area contributed by atoms with Crippen LogP contribution in [0.15, 0.2) is 42.5 Å². The largest absolute Gasteiger partial charge is 0.336 e. The molecule has 0 spiro atoms. The topological polar surface area (TPSA) is 75.0 Å². The minimum absolute atomic E-state index is 0.00859. The van der Waals surface area contributed by atoms with Gasteiger partial charge in [-0.25, -0.2) is 0 Å². The van der Waals surface area contributed by atoms with Crippen molar-refractivity contribution in [2.24, 2.45) is 5.73 Å². The average Bonchev–Trinajstić information content (AvgIpc) is 3.03. The fourth-order valence-electron chi connectivity index (χ4n) is 3.43. The molecular formula is C19H20N4O. The Morgan fingerprint density at radius 2 is 2.04 bits per heavy atom. The van der Waals surface area contributed by atoms with Gasteiger partial charge in [0.15, 0.2) is 0 Å². The highest BCUT2D eigenvalue weighted by Gasteiger charge is 2.27. The molecule has 0 saturated heterocycles. The zero-order chi connectivity index (χ0) is 16.7. The number of H-pyrrole nitrogens is 1. The standard InChI is InChI=1S/C19H20N4O/c1-12(20)19(24)23-10-9-17-16(11-23)18(22-21-17)15-8-4-6-13-5-2-3-7-14(13)15/h2-8,12H,9-11,20H2,1H3,(H,21,22)/t12-/m1/s1. The summed E-state index contributed by atoms with van der Waals surface area (Å²) in [6.45, 7) is 2.98. The van der Waals surface area contributed by atoms with Gasteiger partial charge in [-0.1, -0.05) is 42.5 Å². The molecule has 2 aromatic carbocycles. The maximum atomic E-state index is 12.3. The van der Waals surface area contributed by atoms with Crippen LogP contribution in [0.2, 0.25) is 0 Å². The second-order valence-electron chi connectivity index (χ2n) is 6.35. The highest BCUT2D eigenvalue weighted by molar-refractivity contribution is 5.96. The van der Waals surface area contributed by atoms with Crippen LogP contribution in [0.1, 0.15) is 18.2 Å². The summed E-state index contributed by atoms with van der Waals surface area (Å²) in [5.74, 6) is -0.00859. The van der Waals surface area contributed by atoms with Crippen LogP contribution < -0.4 is 5.73 Å². The number of nitrogens with two attached hydrogens (primary N) is 1. The van der Waals surface area contributed by atoms with Crippen molar-refractivity contribution in [1.29, 1.82) is 0 Å². The molecule has 1 aliphatic rings. The van der Waals surface area contributed by atoms with Gasteiger partial charge in [0, 0.05) is 36.3 Å². The van der Waals surface area contributed by atoms with Crippen LogP contribution in [-0.4, -0.2) is 33.6 Å². The molecule has 5 heteroatoms. The van der Waals surface area contributed by atoms with Gasteiger partial charge in [0.1, 0.15) is 0 Å². The maximum Gasteiger partial charge on any atom is 0.239 e. The molecule has 3 aromatic rings. The van der Waals surface area contributed by atoms with E-state index in [0.29, 0.717) is 13.1 Å². The molecule has 0 fully saturated rings. The summed E-state index contributed by atoms with van der Waals surface area (Å²) in [5.41, 5.74) is 10.0. The van der Waals surface area contributed by atoms with Crippen molar-refractivity contribution in [1.82, 2.24) is 15.1 Å². The minimum Gasteiger partial charge on any atom is -0.336 e. The van der Waals surface area contributed by atoms with Crippen molar-refractivity contribution < 1.29 is 4.79 Å². The Bertz CT molecular complexity index is 907. The molecule has 1 aromatic heterocycles. The molecule has 1 aliphatic heterocycles. The smallest absolute Gasteiger partial charge is 0.239 e. The average molecular weight is 320 g/mol.